The Hall–Kier alpha value is -1.98. The van der Waals surface area contributed by atoms with E-state index in [1.807, 2.05) is 4.90 Å². The minimum Gasteiger partial charge on any atom is -0.341 e. The van der Waals surface area contributed by atoms with Crippen molar-refractivity contribution in [2.45, 2.75) is 32.2 Å². The van der Waals surface area contributed by atoms with Gasteiger partial charge in [0.15, 0.2) is 11.6 Å². The van der Waals surface area contributed by atoms with Gasteiger partial charge in [0, 0.05) is 25.2 Å². The summed E-state index contributed by atoms with van der Waals surface area (Å²) in [5.74, 6) is -1.85. The number of nitrogens with zero attached hydrogens (tertiary/aromatic N) is 3. The lowest BCUT2D eigenvalue weighted by molar-refractivity contribution is -0.131. The summed E-state index contributed by atoms with van der Waals surface area (Å²) in [5.41, 5.74) is 0.801. The highest BCUT2D eigenvalue weighted by molar-refractivity contribution is 5.80. The Morgan fingerprint density at radius 3 is 2.48 bits per heavy atom. The molecule has 0 bridgehead atoms. The minimum absolute atomic E-state index is 0.000864. The van der Waals surface area contributed by atoms with Crippen molar-refractivity contribution in [3.63, 3.8) is 0 Å². The summed E-state index contributed by atoms with van der Waals surface area (Å²) in [4.78, 5) is 18.2. The molecule has 0 radical (unpaired) electrons. The summed E-state index contributed by atoms with van der Waals surface area (Å²) >= 11 is 0. The molecule has 0 aliphatic carbocycles. The fourth-order valence-electron chi connectivity index (χ4n) is 2.75. The molecule has 4 nitrogen and oxygen atoms in total. The van der Waals surface area contributed by atoms with Crippen LogP contribution in [0.15, 0.2) is 18.5 Å². The van der Waals surface area contributed by atoms with Crippen molar-refractivity contribution in [1.29, 1.82) is 0 Å². The number of likely N-dealkylation sites (tertiary alicyclic amines) is 1. The Morgan fingerprint density at radius 2 is 1.76 bits per heavy atom. The zero-order valence-corrected chi connectivity index (χ0v) is 11.7. The van der Waals surface area contributed by atoms with Gasteiger partial charge in [0.1, 0.15) is 6.54 Å². The lowest BCUT2D eigenvalue weighted by Crippen LogP contribution is -2.34. The van der Waals surface area contributed by atoms with E-state index in [9.17, 15) is 13.6 Å². The number of hydrogen-bond donors (Lipinski definition) is 0. The van der Waals surface area contributed by atoms with Crippen molar-refractivity contribution in [2.24, 2.45) is 0 Å². The number of carbonyl (C=O) groups excluding carboxylic acids is 1. The zero-order chi connectivity index (χ0) is 14.8. The second kappa shape index (κ2) is 5.79. The average molecular weight is 293 g/mol. The Labute approximate surface area is 121 Å². The lowest BCUT2D eigenvalue weighted by atomic mass is 10.2. The fraction of sp³-hybridized carbons (Fsp3) is 0.467. The van der Waals surface area contributed by atoms with Crippen LogP contribution in [0.4, 0.5) is 8.78 Å². The predicted octanol–water partition coefficient (Wildman–Crippen LogP) is 2.72. The molecule has 0 atom stereocenters. The average Bonchev–Trinajstić information content (AvgIpc) is 2.69. The van der Waals surface area contributed by atoms with Crippen LogP contribution < -0.4 is 0 Å². The monoisotopic (exact) mass is 293 g/mol. The molecule has 0 N–H and O–H groups in total. The van der Waals surface area contributed by atoms with Gasteiger partial charge in [0.25, 0.3) is 0 Å². The molecule has 0 spiro atoms. The summed E-state index contributed by atoms with van der Waals surface area (Å²) in [5, 5.41) is 0. The number of halogens is 2. The van der Waals surface area contributed by atoms with E-state index in [4.69, 9.17) is 0 Å². The summed E-state index contributed by atoms with van der Waals surface area (Å²) in [6.07, 6.45) is 5.82. The minimum atomic E-state index is -0.925. The summed E-state index contributed by atoms with van der Waals surface area (Å²) in [6, 6.07) is 2.14. The molecule has 21 heavy (non-hydrogen) atoms. The van der Waals surface area contributed by atoms with E-state index in [0.29, 0.717) is 11.0 Å². The van der Waals surface area contributed by atoms with E-state index in [1.54, 1.807) is 4.57 Å². The first-order chi connectivity index (χ1) is 10.1. The van der Waals surface area contributed by atoms with Crippen LogP contribution in [0.1, 0.15) is 25.7 Å². The number of carbonyl (C=O) groups is 1. The molecule has 1 saturated heterocycles. The van der Waals surface area contributed by atoms with Gasteiger partial charge in [-0.3, -0.25) is 4.79 Å². The molecular formula is C15H17F2N3O. The molecule has 2 heterocycles. The fourth-order valence-corrected chi connectivity index (χ4v) is 2.75. The third-order valence-electron chi connectivity index (χ3n) is 3.93. The molecule has 0 unspecified atom stereocenters. The highest BCUT2D eigenvalue weighted by Crippen LogP contribution is 2.18. The van der Waals surface area contributed by atoms with Crippen molar-refractivity contribution in [3.05, 3.63) is 30.1 Å². The summed E-state index contributed by atoms with van der Waals surface area (Å²) in [7, 11) is 0. The maximum absolute atomic E-state index is 13.3. The maximum atomic E-state index is 13.3. The van der Waals surface area contributed by atoms with Crippen molar-refractivity contribution in [3.8, 4) is 0 Å². The SMILES string of the molecule is O=C(Cn1cnc2cc(F)c(F)cc21)N1CCCCCC1. The summed E-state index contributed by atoms with van der Waals surface area (Å²) in [6.45, 7) is 1.66. The lowest BCUT2D eigenvalue weighted by Gasteiger charge is -2.20. The Morgan fingerprint density at radius 1 is 1.10 bits per heavy atom. The van der Waals surface area contributed by atoms with Crippen LogP contribution in [-0.4, -0.2) is 33.4 Å². The van der Waals surface area contributed by atoms with Gasteiger partial charge >= 0.3 is 0 Å². The Kier molecular flexibility index (Phi) is 3.86. The predicted molar refractivity (Wildman–Crippen MR) is 74.7 cm³/mol. The first kappa shape index (κ1) is 14.0. The molecule has 0 saturated carbocycles. The van der Waals surface area contributed by atoms with Crippen molar-refractivity contribution >= 4 is 16.9 Å². The van der Waals surface area contributed by atoms with Crippen LogP contribution in [0.25, 0.3) is 11.0 Å². The molecule has 3 rings (SSSR count). The molecule has 6 heteroatoms. The first-order valence-electron chi connectivity index (χ1n) is 7.23. The number of fused-ring (bicyclic) bond motifs is 1. The van der Waals surface area contributed by atoms with Crippen LogP contribution in [0.5, 0.6) is 0 Å². The zero-order valence-electron chi connectivity index (χ0n) is 11.7. The highest BCUT2D eigenvalue weighted by Gasteiger charge is 2.17. The number of imidazole rings is 1. The summed E-state index contributed by atoms with van der Waals surface area (Å²) < 4.78 is 28.1. The number of amides is 1. The van der Waals surface area contributed by atoms with Crippen molar-refractivity contribution < 1.29 is 13.6 Å². The van der Waals surface area contributed by atoms with Crippen molar-refractivity contribution in [2.75, 3.05) is 13.1 Å². The molecule has 112 valence electrons. The number of rotatable bonds is 2. The Balaban J connectivity index is 1.81. The van der Waals surface area contributed by atoms with E-state index >= 15 is 0 Å². The normalized spacial score (nSPS) is 16.2. The third kappa shape index (κ3) is 2.89. The largest absolute Gasteiger partial charge is 0.341 e. The van der Waals surface area contributed by atoms with Gasteiger partial charge in [0.2, 0.25) is 5.91 Å². The van der Waals surface area contributed by atoms with Gasteiger partial charge < -0.3 is 9.47 Å². The van der Waals surface area contributed by atoms with E-state index in [-0.39, 0.29) is 12.5 Å². The van der Waals surface area contributed by atoms with Crippen LogP contribution >= 0.6 is 0 Å². The quantitative estimate of drug-likeness (QED) is 0.854. The van der Waals surface area contributed by atoms with Crippen LogP contribution in [0.2, 0.25) is 0 Å². The van der Waals surface area contributed by atoms with Gasteiger partial charge in [-0.05, 0) is 12.8 Å². The van der Waals surface area contributed by atoms with Crippen LogP contribution in [-0.2, 0) is 11.3 Å². The van der Waals surface area contributed by atoms with Crippen LogP contribution in [0, 0.1) is 11.6 Å². The molecule has 1 aromatic heterocycles. The van der Waals surface area contributed by atoms with E-state index in [1.165, 1.54) is 6.33 Å². The van der Waals surface area contributed by atoms with Gasteiger partial charge in [-0.15, -0.1) is 0 Å². The second-order valence-corrected chi connectivity index (χ2v) is 5.42. The molecule has 1 amide bonds. The number of aromatic nitrogens is 2. The van der Waals surface area contributed by atoms with E-state index in [2.05, 4.69) is 4.98 Å². The molecular weight excluding hydrogens is 276 g/mol. The first-order valence-corrected chi connectivity index (χ1v) is 7.23. The number of benzene rings is 1. The molecule has 1 aliphatic rings. The third-order valence-corrected chi connectivity index (χ3v) is 3.93. The van der Waals surface area contributed by atoms with E-state index < -0.39 is 11.6 Å². The van der Waals surface area contributed by atoms with E-state index in [0.717, 1.165) is 50.9 Å². The maximum Gasteiger partial charge on any atom is 0.242 e. The van der Waals surface area contributed by atoms with Gasteiger partial charge in [0.05, 0.1) is 17.4 Å². The standard InChI is InChI=1S/C15H17F2N3O/c16-11-7-13-14(8-12(11)17)20(10-18-13)9-15(21)19-5-3-1-2-4-6-19/h7-8,10H,1-6,9H2. The molecule has 1 aliphatic heterocycles. The number of hydrogen-bond acceptors (Lipinski definition) is 2. The van der Waals surface area contributed by atoms with Crippen LogP contribution in [0.3, 0.4) is 0 Å². The second-order valence-electron chi connectivity index (χ2n) is 5.42. The smallest absolute Gasteiger partial charge is 0.242 e. The van der Waals surface area contributed by atoms with Crippen molar-refractivity contribution in [1.82, 2.24) is 14.5 Å². The Bertz CT molecular complexity index is 660. The van der Waals surface area contributed by atoms with Gasteiger partial charge in [-0.1, -0.05) is 12.8 Å². The molecule has 2 aromatic rings. The van der Waals surface area contributed by atoms with Gasteiger partial charge in [-0.25, -0.2) is 13.8 Å². The molecule has 1 aromatic carbocycles. The topological polar surface area (TPSA) is 38.1 Å². The highest BCUT2D eigenvalue weighted by atomic mass is 19.2. The molecule has 1 fully saturated rings. The van der Waals surface area contributed by atoms with Gasteiger partial charge in [-0.2, -0.15) is 0 Å².